The molecule has 1 atom stereocenters. The van der Waals surface area contributed by atoms with Crippen LogP contribution in [0, 0.1) is 0 Å². The second kappa shape index (κ2) is 8.04. The highest BCUT2D eigenvalue weighted by atomic mass is 16.5. The van der Waals surface area contributed by atoms with Gasteiger partial charge in [0.1, 0.15) is 0 Å². The number of methoxy groups -OCH3 is 1. The lowest BCUT2D eigenvalue weighted by Crippen LogP contribution is -2.37. The van der Waals surface area contributed by atoms with Crippen molar-refractivity contribution >= 4 is 11.9 Å². The second-order valence-electron chi connectivity index (χ2n) is 4.65. The van der Waals surface area contributed by atoms with Gasteiger partial charge in [0.25, 0.3) is 5.91 Å². The van der Waals surface area contributed by atoms with E-state index >= 15 is 0 Å². The predicted octanol–water partition coefficient (Wildman–Crippen LogP) is 1.04. The number of rotatable bonds is 7. The molecule has 1 N–H and O–H groups in total. The zero-order chi connectivity index (χ0) is 16.7. The fourth-order valence-corrected chi connectivity index (χ4v) is 1.75. The summed E-state index contributed by atoms with van der Waals surface area (Å²) >= 11 is 0. The Labute approximate surface area is 132 Å². The molecule has 0 bridgehead atoms. The van der Waals surface area contributed by atoms with E-state index in [2.05, 4.69) is 15.5 Å². The number of hydrogen-bond donors (Lipinski definition) is 1. The first-order chi connectivity index (χ1) is 11.1. The number of amides is 1. The maximum Gasteiger partial charge on any atom is 0.338 e. The quantitative estimate of drug-likeness (QED) is 0.600. The molecule has 0 aliphatic rings. The molecule has 0 saturated carbocycles. The number of nitrogens with zero attached hydrogens (tertiary/aromatic N) is 2. The van der Waals surface area contributed by atoms with E-state index in [9.17, 15) is 9.59 Å². The highest BCUT2D eigenvalue weighted by Crippen LogP contribution is 2.17. The molecule has 0 aliphatic heterocycles. The highest BCUT2D eigenvalue weighted by Gasteiger charge is 2.18. The number of nitrogens with one attached hydrogen (secondary N) is 1. The minimum absolute atomic E-state index is 0.324. The Kier molecular flexibility index (Phi) is 5.81. The number of hydrogen-bond acceptors (Lipinski definition) is 7. The first-order valence-electron chi connectivity index (χ1n) is 6.96. The van der Waals surface area contributed by atoms with Crippen molar-refractivity contribution in [1.29, 1.82) is 0 Å². The smallest absolute Gasteiger partial charge is 0.338 e. The molecule has 1 heterocycles. The summed E-state index contributed by atoms with van der Waals surface area (Å²) in [6.07, 6.45) is 0.330. The van der Waals surface area contributed by atoms with Crippen molar-refractivity contribution in [3.8, 4) is 11.5 Å². The topological polar surface area (TPSA) is 104 Å². The Morgan fingerprint density at radius 3 is 2.65 bits per heavy atom. The van der Waals surface area contributed by atoms with Crippen molar-refractivity contribution in [3.63, 3.8) is 0 Å². The monoisotopic (exact) mass is 319 g/mol. The molecule has 0 saturated heterocycles. The maximum absolute atomic E-state index is 12.0. The first kappa shape index (κ1) is 16.6. The molecule has 122 valence electrons. The van der Waals surface area contributed by atoms with Gasteiger partial charge in [-0.2, -0.15) is 0 Å². The zero-order valence-electron chi connectivity index (χ0n) is 12.8. The molecular formula is C15H17N3O5. The van der Waals surface area contributed by atoms with Gasteiger partial charge in [-0.3, -0.25) is 4.79 Å². The SMILES string of the molecule is COCCNC(=O)[C@@H](C)OC(=O)c1ccc(-c2nnco2)cc1. The van der Waals surface area contributed by atoms with E-state index in [4.69, 9.17) is 13.9 Å². The average molecular weight is 319 g/mol. The van der Waals surface area contributed by atoms with Crippen LogP contribution in [0.4, 0.5) is 0 Å². The maximum atomic E-state index is 12.0. The highest BCUT2D eigenvalue weighted by molar-refractivity contribution is 5.92. The third-order valence-electron chi connectivity index (χ3n) is 2.99. The molecule has 2 rings (SSSR count). The number of carbonyl (C=O) groups excluding carboxylic acids is 2. The van der Waals surface area contributed by atoms with Gasteiger partial charge < -0.3 is 19.2 Å². The van der Waals surface area contributed by atoms with Gasteiger partial charge in [0.15, 0.2) is 6.10 Å². The van der Waals surface area contributed by atoms with Crippen LogP contribution in [-0.4, -0.2) is 48.4 Å². The van der Waals surface area contributed by atoms with Crippen molar-refractivity contribution in [3.05, 3.63) is 36.2 Å². The predicted molar refractivity (Wildman–Crippen MR) is 79.5 cm³/mol. The molecule has 1 amide bonds. The van der Waals surface area contributed by atoms with Gasteiger partial charge in [0.2, 0.25) is 12.3 Å². The lowest BCUT2D eigenvalue weighted by atomic mass is 10.1. The van der Waals surface area contributed by atoms with E-state index in [0.717, 1.165) is 0 Å². The van der Waals surface area contributed by atoms with Crippen LogP contribution in [0.3, 0.4) is 0 Å². The number of carbonyl (C=O) groups is 2. The molecule has 0 fully saturated rings. The molecule has 0 spiro atoms. The number of benzene rings is 1. The summed E-state index contributed by atoms with van der Waals surface area (Å²) in [5.41, 5.74) is 1.01. The molecule has 8 heteroatoms. The van der Waals surface area contributed by atoms with Gasteiger partial charge in [-0.25, -0.2) is 4.79 Å². The van der Waals surface area contributed by atoms with Crippen LogP contribution in [-0.2, 0) is 14.3 Å². The molecule has 0 radical (unpaired) electrons. The Balaban J connectivity index is 1.91. The summed E-state index contributed by atoms with van der Waals surface area (Å²) in [7, 11) is 1.54. The van der Waals surface area contributed by atoms with Gasteiger partial charge in [-0.15, -0.1) is 10.2 Å². The van der Waals surface area contributed by atoms with Gasteiger partial charge in [0, 0.05) is 19.2 Å². The minimum atomic E-state index is -0.894. The standard InChI is InChI=1S/C15H17N3O5/c1-10(13(19)16-7-8-21-2)23-15(20)12-5-3-11(4-6-12)14-18-17-9-22-14/h3-6,9-10H,7-8H2,1-2H3,(H,16,19)/t10-/m1/s1. The van der Waals surface area contributed by atoms with Crippen LogP contribution in [0.25, 0.3) is 11.5 Å². The lowest BCUT2D eigenvalue weighted by molar-refractivity contribution is -0.129. The minimum Gasteiger partial charge on any atom is -0.449 e. The van der Waals surface area contributed by atoms with Gasteiger partial charge in [0.05, 0.1) is 12.2 Å². The van der Waals surface area contributed by atoms with Gasteiger partial charge in [-0.05, 0) is 31.2 Å². The van der Waals surface area contributed by atoms with Crippen LogP contribution in [0.15, 0.2) is 35.1 Å². The number of aromatic nitrogens is 2. The van der Waals surface area contributed by atoms with Crippen LogP contribution in [0.5, 0.6) is 0 Å². The average Bonchev–Trinajstić information content (AvgIpc) is 3.09. The Hall–Kier alpha value is -2.74. The van der Waals surface area contributed by atoms with Crippen molar-refractivity contribution in [2.24, 2.45) is 0 Å². The van der Waals surface area contributed by atoms with Crippen LogP contribution < -0.4 is 5.32 Å². The molecule has 2 aromatic rings. The van der Waals surface area contributed by atoms with Crippen molar-refractivity contribution in [2.75, 3.05) is 20.3 Å². The normalized spacial score (nSPS) is 11.7. The summed E-state index contributed by atoms with van der Waals surface area (Å²) in [6.45, 7) is 2.26. The fourth-order valence-electron chi connectivity index (χ4n) is 1.75. The van der Waals surface area contributed by atoms with Crippen molar-refractivity contribution in [1.82, 2.24) is 15.5 Å². The van der Waals surface area contributed by atoms with Crippen LogP contribution in [0.2, 0.25) is 0 Å². The van der Waals surface area contributed by atoms with Crippen LogP contribution >= 0.6 is 0 Å². The molecule has 1 aromatic heterocycles. The van der Waals surface area contributed by atoms with E-state index < -0.39 is 12.1 Å². The Morgan fingerprint density at radius 1 is 1.30 bits per heavy atom. The summed E-state index contributed by atoms with van der Waals surface area (Å²) < 4.78 is 15.0. The summed E-state index contributed by atoms with van der Waals surface area (Å²) in [6, 6.07) is 6.45. The number of esters is 1. The third-order valence-corrected chi connectivity index (χ3v) is 2.99. The van der Waals surface area contributed by atoms with Gasteiger partial charge in [-0.1, -0.05) is 0 Å². The largest absolute Gasteiger partial charge is 0.449 e. The molecule has 0 unspecified atom stereocenters. The van der Waals surface area contributed by atoms with E-state index in [1.54, 1.807) is 24.3 Å². The zero-order valence-corrected chi connectivity index (χ0v) is 12.8. The van der Waals surface area contributed by atoms with Crippen LogP contribution in [0.1, 0.15) is 17.3 Å². The Morgan fingerprint density at radius 2 is 2.04 bits per heavy atom. The molecular weight excluding hydrogens is 302 g/mol. The first-order valence-corrected chi connectivity index (χ1v) is 6.96. The van der Waals surface area contributed by atoms with Gasteiger partial charge >= 0.3 is 5.97 Å². The Bertz CT molecular complexity index is 640. The molecule has 23 heavy (non-hydrogen) atoms. The van der Waals surface area contributed by atoms with Crippen molar-refractivity contribution < 1.29 is 23.5 Å². The van der Waals surface area contributed by atoms with E-state index in [1.165, 1.54) is 20.4 Å². The summed E-state index contributed by atoms with van der Waals surface area (Å²) in [4.78, 5) is 23.7. The summed E-state index contributed by atoms with van der Waals surface area (Å²) in [5.74, 6) is -0.606. The molecule has 8 nitrogen and oxygen atoms in total. The molecule has 1 aromatic carbocycles. The second-order valence-corrected chi connectivity index (χ2v) is 4.65. The third kappa shape index (κ3) is 4.62. The summed E-state index contributed by atoms with van der Waals surface area (Å²) in [5, 5.41) is 9.96. The van der Waals surface area contributed by atoms with E-state index in [1.807, 2.05) is 0 Å². The van der Waals surface area contributed by atoms with Crippen molar-refractivity contribution in [2.45, 2.75) is 13.0 Å². The molecule has 0 aliphatic carbocycles. The van der Waals surface area contributed by atoms with E-state index in [-0.39, 0.29) is 5.91 Å². The lowest BCUT2D eigenvalue weighted by Gasteiger charge is -2.13. The van der Waals surface area contributed by atoms with E-state index in [0.29, 0.717) is 30.2 Å². The number of ether oxygens (including phenoxy) is 2. The fraction of sp³-hybridized carbons (Fsp3) is 0.333.